The van der Waals surface area contributed by atoms with Gasteiger partial charge in [0.1, 0.15) is 5.75 Å². The Morgan fingerprint density at radius 1 is 1.21 bits per heavy atom. The minimum atomic E-state index is -0.0998. The standard InChI is InChI=1S/C21H33N3O3.HI/c1-6-22-20(24-13-11-16(12-14-24)19(25)27-5)23-15-21(2,3)17-7-9-18(26-4)10-8-17;/h7-10,16H,6,11-15H2,1-5H3,(H,22,23);1H. The van der Waals surface area contributed by atoms with Crippen molar-refractivity contribution in [1.29, 1.82) is 0 Å². The molecule has 0 unspecified atom stereocenters. The number of carbonyl (C=O) groups excluding carboxylic acids is 1. The van der Waals surface area contributed by atoms with Gasteiger partial charge in [0.05, 0.1) is 26.7 Å². The average Bonchev–Trinajstić information content (AvgIpc) is 2.70. The molecule has 1 aliphatic rings. The predicted molar refractivity (Wildman–Crippen MR) is 124 cm³/mol. The molecule has 1 aromatic rings. The number of guanidine groups is 1. The summed E-state index contributed by atoms with van der Waals surface area (Å²) in [5, 5.41) is 3.39. The monoisotopic (exact) mass is 503 g/mol. The largest absolute Gasteiger partial charge is 0.497 e. The second-order valence-electron chi connectivity index (χ2n) is 7.57. The minimum absolute atomic E-state index is 0. The zero-order chi connectivity index (χ0) is 19.9. The first kappa shape index (κ1) is 24.5. The number of piperidine rings is 1. The molecule has 1 heterocycles. The number of nitrogens with one attached hydrogen (secondary N) is 1. The van der Waals surface area contributed by atoms with Gasteiger partial charge in [0.25, 0.3) is 0 Å². The van der Waals surface area contributed by atoms with Crippen LogP contribution in [0, 0.1) is 5.92 Å². The summed E-state index contributed by atoms with van der Waals surface area (Å²) in [7, 11) is 3.14. The molecular weight excluding hydrogens is 469 g/mol. The van der Waals surface area contributed by atoms with E-state index >= 15 is 0 Å². The van der Waals surface area contributed by atoms with Gasteiger partial charge in [-0.1, -0.05) is 26.0 Å². The van der Waals surface area contributed by atoms with Crippen molar-refractivity contribution in [2.75, 3.05) is 40.4 Å². The van der Waals surface area contributed by atoms with E-state index in [1.54, 1.807) is 7.11 Å². The number of ether oxygens (including phenoxy) is 2. The van der Waals surface area contributed by atoms with Crippen molar-refractivity contribution >= 4 is 35.9 Å². The van der Waals surface area contributed by atoms with Crippen LogP contribution >= 0.6 is 24.0 Å². The number of carbonyl (C=O) groups is 1. The molecule has 158 valence electrons. The van der Waals surface area contributed by atoms with Crippen LogP contribution in [0.1, 0.15) is 39.2 Å². The molecule has 0 bridgehead atoms. The van der Waals surface area contributed by atoms with E-state index < -0.39 is 0 Å². The second kappa shape index (κ2) is 11.5. The number of methoxy groups -OCH3 is 2. The van der Waals surface area contributed by atoms with Gasteiger partial charge in [-0.15, -0.1) is 24.0 Å². The van der Waals surface area contributed by atoms with E-state index in [0.717, 1.165) is 44.2 Å². The van der Waals surface area contributed by atoms with E-state index in [4.69, 9.17) is 14.5 Å². The van der Waals surface area contributed by atoms with Crippen molar-refractivity contribution < 1.29 is 14.3 Å². The average molecular weight is 503 g/mol. The van der Waals surface area contributed by atoms with Crippen LogP contribution in [0.3, 0.4) is 0 Å². The molecule has 28 heavy (non-hydrogen) atoms. The number of benzene rings is 1. The van der Waals surface area contributed by atoms with Crippen LogP contribution in [0.2, 0.25) is 0 Å². The number of aliphatic imine (C=N–C) groups is 1. The third kappa shape index (κ3) is 6.53. The Hall–Kier alpha value is -1.51. The Morgan fingerprint density at radius 3 is 2.32 bits per heavy atom. The van der Waals surface area contributed by atoms with E-state index in [1.807, 2.05) is 12.1 Å². The third-order valence-electron chi connectivity index (χ3n) is 5.16. The van der Waals surface area contributed by atoms with Crippen molar-refractivity contribution in [3.8, 4) is 5.75 Å². The minimum Gasteiger partial charge on any atom is -0.497 e. The van der Waals surface area contributed by atoms with Crippen LogP contribution in [0.5, 0.6) is 5.75 Å². The zero-order valence-corrected chi connectivity index (χ0v) is 20.0. The van der Waals surface area contributed by atoms with Crippen molar-refractivity contribution in [3.05, 3.63) is 29.8 Å². The van der Waals surface area contributed by atoms with Crippen LogP contribution in [0.4, 0.5) is 0 Å². The maximum Gasteiger partial charge on any atom is 0.308 e. The van der Waals surface area contributed by atoms with Gasteiger partial charge >= 0.3 is 5.97 Å². The van der Waals surface area contributed by atoms with Gasteiger partial charge in [0.15, 0.2) is 5.96 Å². The summed E-state index contributed by atoms with van der Waals surface area (Å²) in [6, 6.07) is 8.18. The first-order valence-electron chi connectivity index (χ1n) is 9.67. The zero-order valence-electron chi connectivity index (χ0n) is 17.7. The molecular formula is C21H34IN3O3. The maximum absolute atomic E-state index is 11.7. The van der Waals surface area contributed by atoms with Gasteiger partial charge in [-0.3, -0.25) is 9.79 Å². The van der Waals surface area contributed by atoms with E-state index in [-0.39, 0.29) is 41.3 Å². The maximum atomic E-state index is 11.7. The van der Waals surface area contributed by atoms with Gasteiger partial charge in [-0.2, -0.15) is 0 Å². The molecule has 0 spiro atoms. The highest BCUT2D eigenvalue weighted by molar-refractivity contribution is 14.0. The molecule has 1 N–H and O–H groups in total. The Labute approximate surface area is 186 Å². The highest BCUT2D eigenvalue weighted by Crippen LogP contribution is 2.26. The Balaban J connectivity index is 0.00000392. The molecule has 2 rings (SSSR count). The number of hydrogen-bond donors (Lipinski definition) is 1. The molecule has 0 radical (unpaired) electrons. The Kier molecular flexibility index (Phi) is 10.1. The van der Waals surface area contributed by atoms with Crippen LogP contribution in [-0.2, 0) is 14.9 Å². The molecule has 0 atom stereocenters. The van der Waals surface area contributed by atoms with Crippen LogP contribution < -0.4 is 10.1 Å². The lowest BCUT2D eigenvalue weighted by atomic mass is 9.85. The van der Waals surface area contributed by atoms with Crippen LogP contribution in [0.25, 0.3) is 0 Å². The summed E-state index contributed by atoms with van der Waals surface area (Å²) in [6.45, 7) is 9.60. The van der Waals surface area contributed by atoms with Gasteiger partial charge < -0.3 is 19.7 Å². The van der Waals surface area contributed by atoms with Crippen molar-refractivity contribution in [2.45, 2.75) is 39.0 Å². The smallest absolute Gasteiger partial charge is 0.308 e. The van der Waals surface area contributed by atoms with E-state index in [2.05, 4.69) is 43.1 Å². The summed E-state index contributed by atoms with van der Waals surface area (Å²) >= 11 is 0. The lowest BCUT2D eigenvalue weighted by molar-refractivity contribution is -0.146. The molecule has 0 amide bonds. The number of halogens is 1. The van der Waals surface area contributed by atoms with Gasteiger partial charge in [-0.25, -0.2) is 0 Å². The SMILES string of the molecule is CCNC(=NCC(C)(C)c1ccc(OC)cc1)N1CCC(C(=O)OC)CC1.I. The van der Waals surface area contributed by atoms with Crippen molar-refractivity contribution in [2.24, 2.45) is 10.9 Å². The normalized spacial score (nSPS) is 15.6. The van der Waals surface area contributed by atoms with E-state index in [9.17, 15) is 4.79 Å². The molecule has 0 saturated carbocycles. The van der Waals surface area contributed by atoms with E-state index in [0.29, 0.717) is 6.54 Å². The first-order valence-corrected chi connectivity index (χ1v) is 9.67. The topological polar surface area (TPSA) is 63.2 Å². The fourth-order valence-electron chi connectivity index (χ4n) is 3.33. The summed E-state index contributed by atoms with van der Waals surface area (Å²) in [4.78, 5) is 18.9. The highest BCUT2D eigenvalue weighted by atomic mass is 127. The quantitative estimate of drug-likeness (QED) is 0.279. The lowest BCUT2D eigenvalue weighted by Crippen LogP contribution is -2.47. The molecule has 1 fully saturated rings. The number of likely N-dealkylation sites (tertiary alicyclic amines) is 1. The number of nitrogens with zero attached hydrogens (tertiary/aromatic N) is 2. The summed E-state index contributed by atoms with van der Waals surface area (Å²) < 4.78 is 10.1. The Morgan fingerprint density at radius 2 is 1.82 bits per heavy atom. The van der Waals surface area contributed by atoms with Crippen molar-refractivity contribution in [1.82, 2.24) is 10.2 Å². The first-order chi connectivity index (χ1) is 12.9. The second-order valence-corrected chi connectivity index (χ2v) is 7.57. The van der Waals surface area contributed by atoms with Crippen LogP contribution in [0.15, 0.2) is 29.3 Å². The van der Waals surface area contributed by atoms with Gasteiger partial charge in [0, 0.05) is 25.0 Å². The molecule has 1 aromatic carbocycles. The fraction of sp³-hybridized carbons (Fsp3) is 0.619. The molecule has 1 aliphatic heterocycles. The highest BCUT2D eigenvalue weighted by Gasteiger charge is 2.27. The Bertz CT molecular complexity index is 639. The van der Waals surface area contributed by atoms with Crippen molar-refractivity contribution in [3.63, 3.8) is 0 Å². The fourth-order valence-corrected chi connectivity index (χ4v) is 3.33. The molecule has 1 saturated heterocycles. The van der Waals surface area contributed by atoms with Crippen LogP contribution in [-0.4, -0.2) is 57.2 Å². The number of rotatable bonds is 6. The lowest BCUT2D eigenvalue weighted by Gasteiger charge is -2.34. The number of esters is 1. The number of hydrogen-bond acceptors (Lipinski definition) is 4. The summed E-state index contributed by atoms with van der Waals surface area (Å²) in [5.74, 6) is 1.68. The summed E-state index contributed by atoms with van der Waals surface area (Å²) in [6.07, 6.45) is 1.61. The predicted octanol–water partition coefficient (Wildman–Crippen LogP) is 3.44. The molecule has 0 aliphatic carbocycles. The van der Waals surface area contributed by atoms with E-state index in [1.165, 1.54) is 12.7 Å². The molecule has 7 heteroatoms. The van der Waals surface area contributed by atoms with Gasteiger partial charge in [-0.05, 0) is 37.5 Å². The third-order valence-corrected chi connectivity index (χ3v) is 5.16. The molecule has 6 nitrogen and oxygen atoms in total. The molecule has 0 aromatic heterocycles. The summed E-state index contributed by atoms with van der Waals surface area (Å²) in [5.41, 5.74) is 1.14. The van der Waals surface area contributed by atoms with Gasteiger partial charge in [0.2, 0.25) is 0 Å².